The lowest BCUT2D eigenvalue weighted by atomic mass is 10.1. The molecule has 2 aromatic rings. The molecule has 0 radical (unpaired) electrons. The lowest BCUT2D eigenvalue weighted by Gasteiger charge is -2.35. The van der Waals surface area contributed by atoms with Gasteiger partial charge in [0.2, 0.25) is 5.91 Å². The molecule has 4 nitrogen and oxygen atoms in total. The van der Waals surface area contributed by atoms with Crippen LogP contribution in [-0.2, 0) is 16.0 Å². The van der Waals surface area contributed by atoms with Crippen molar-refractivity contribution >= 4 is 16.9 Å². The van der Waals surface area contributed by atoms with Crippen molar-refractivity contribution in [1.82, 2.24) is 4.90 Å². The Bertz CT molecular complexity index is 651. The van der Waals surface area contributed by atoms with E-state index in [1.54, 1.807) is 6.26 Å². The second-order valence-electron chi connectivity index (χ2n) is 5.99. The fourth-order valence-corrected chi connectivity index (χ4v) is 2.98. The van der Waals surface area contributed by atoms with E-state index in [-0.39, 0.29) is 18.1 Å². The normalized spacial score (nSPS) is 22.7. The summed E-state index contributed by atoms with van der Waals surface area (Å²) in [6, 6.07) is 6.08. The number of benzene rings is 1. The number of furan rings is 1. The molecular weight excluding hydrogens is 266 g/mol. The van der Waals surface area contributed by atoms with E-state index < -0.39 is 0 Å². The topological polar surface area (TPSA) is 42.7 Å². The second kappa shape index (κ2) is 5.53. The number of aryl methyl sites for hydroxylation is 1. The predicted octanol–water partition coefficient (Wildman–Crippen LogP) is 2.92. The Kier molecular flexibility index (Phi) is 3.72. The smallest absolute Gasteiger partial charge is 0.227 e. The minimum absolute atomic E-state index is 0.0986. The molecule has 0 spiro atoms. The van der Waals surface area contributed by atoms with Gasteiger partial charge in [-0.2, -0.15) is 0 Å². The van der Waals surface area contributed by atoms with Crippen LogP contribution < -0.4 is 0 Å². The monoisotopic (exact) mass is 287 g/mol. The zero-order valence-electron chi connectivity index (χ0n) is 12.8. The van der Waals surface area contributed by atoms with Crippen molar-refractivity contribution in [3.05, 3.63) is 35.6 Å². The summed E-state index contributed by atoms with van der Waals surface area (Å²) in [5, 5.41) is 1.03. The van der Waals surface area contributed by atoms with Crippen LogP contribution in [0.5, 0.6) is 0 Å². The summed E-state index contributed by atoms with van der Waals surface area (Å²) in [5.74, 6) is 0.139. The van der Waals surface area contributed by atoms with Crippen molar-refractivity contribution in [2.75, 3.05) is 13.1 Å². The van der Waals surface area contributed by atoms with Gasteiger partial charge in [-0.25, -0.2) is 0 Å². The quantitative estimate of drug-likeness (QED) is 0.853. The van der Waals surface area contributed by atoms with Gasteiger partial charge in [0, 0.05) is 24.0 Å². The molecule has 0 aliphatic carbocycles. The summed E-state index contributed by atoms with van der Waals surface area (Å²) < 4.78 is 11.2. The molecule has 3 rings (SSSR count). The molecule has 2 unspecified atom stereocenters. The molecule has 1 aromatic heterocycles. The van der Waals surface area contributed by atoms with Crippen LogP contribution in [0, 0.1) is 6.92 Å². The van der Waals surface area contributed by atoms with Gasteiger partial charge in [0.1, 0.15) is 5.58 Å². The first-order valence-corrected chi connectivity index (χ1v) is 7.43. The van der Waals surface area contributed by atoms with Crippen LogP contribution in [-0.4, -0.2) is 36.1 Å². The SMILES string of the molecule is Cc1ccc2c(CC(=O)N3CC(C)OC(C)C3)coc2c1. The molecule has 2 heterocycles. The number of morpholine rings is 1. The molecule has 1 aromatic carbocycles. The zero-order chi connectivity index (χ0) is 15.0. The van der Waals surface area contributed by atoms with E-state index >= 15 is 0 Å². The highest BCUT2D eigenvalue weighted by molar-refractivity contribution is 5.88. The number of fused-ring (bicyclic) bond motifs is 1. The van der Waals surface area contributed by atoms with Crippen LogP contribution in [0.25, 0.3) is 11.0 Å². The molecule has 0 N–H and O–H groups in total. The van der Waals surface area contributed by atoms with Crippen LogP contribution in [0.1, 0.15) is 25.0 Å². The maximum absolute atomic E-state index is 12.5. The number of carbonyl (C=O) groups is 1. The van der Waals surface area contributed by atoms with E-state index in [0.29, 0.717) is 19.5 Å². The Labute approximate surface area is 124 Å². The van der Waals surface area contributed by atoms with Crippen molar-refractivity contribution in [3.63, 3.8) is 0 Å². The van der Waals surface area contributed by atoms with Gasteiger partial charge in [0.25, 0.3) is 0 Å². The summed E-state index contributed by atoms with van der Waals surface area (Å²) in [7, 11) is 0. The van der Waals surface area contributed by atoms with E-state index in [2.05, 4.69) is 0 Å². The highest BCUT2D eigenvalue weighted by Crippen LogP contribution is 2.23. The summed E-state index contributed by atoms with van der Waals surface area (Å²) in [6.45, 7) is 7.37. The maximum atomic E-state index is 12.5. The molecule has 0 saturated carbocycles. The zero-order valence-corrected chi connectivity index (χ0v) is 12.8. The number of hydrogen-bond acceptors (Lipinski definition) is 3. The summed E-state index contributed by atoms with van der Waals surface area (Å²) in [4.78, 5) is 14.4. The first-order chi connectivity index (χ1) is 10.0. The molecule has 4 heteroatoms. The van der Waals surface area contributed by atoms with Crippen LogP contribution in [0.2, 0.25) is 0 Å². The van der Waals surface area contributed by atoms with Gasteiger partial charge in [-0.05, 0) is 32.4 Å². The van der Waals surface area contributed by atoms with Crippen LogP contribution in [0.3, 0.4) is 0 Å². The molecule has 21 heavy (non-hydrogen) atoms. The van der Waals surface area contributed by atoms with Crippen molar-refractivity contribution in [3.8, 4) is 0 Å². The fraction of sp³-hybridized carbons (Fsp3) is 0.471. The number of amides is 1. The largest absolute Gasteiger partial charge is 0.464 e. The minimum Gasteiger partial charge on any atom is -0.464 e. The standard InChI is InChI=1S/C17H21NO3/c1-11-4-5-15-14(10-20-16(15)6-11)7-17(19)18-8-12(2)21-13(3)9-18/h4-6,10,12-13H,7-9H2,1-3H3. The number of nitrogens with zero attached hydrogens (tertiary/aromatic N) is 1. The number of ether oxygens (including phenoxy) is 1. The number of hydrogen-bond donors (Lipinski definition) is 0. The van der Waals surface area contributed by atoms with Gasteiger partial charge in [-0.1, -0.05) is 12.1 Å². The van der Waals surface area contributed by atoms with Crippen LogP contribution in [0.4, 0.5) is 0 Å². The number of rotatable bonds is 2. The van der Waals surface area contributed by atoms with Gasteiger partial charge < -0.3 is 14.1 Å². The van der Waals surface area contributed by atoms with Crippen molar-refractivity contribution in [1.29, 1.82) is 0 Å². The third-order valence-corrected chi connectivity index (χ3v) is 3.93. The molecule has 1 aliphatic heterocycles. The van der Waals surface area contributed by atoms with E-state index in [9.17, 15) is 4.79 Å². The van der Waals surface area contributed by atoms with Crippen LogP contribution >= 0.6 is 0 Å². The minimum atomic E-state index is 0.0986. The summed E-state index contributed by atoms with van der Waals surface area (Å²) in [5.41, 5.74) is 2.97. The van der Waals surface area contributed by atoms with Gasteiger partial charge in [-0.15, -0.1) is 0 Å². The van der Waals surface area contributed by atoms with E-state index in [1.807, 2.05) is 43.9 Å². The van der Waals surface area contributed by atoms with Gasteiger partial charge in [-0.3, -0.25) is 4.79 Å². The van der Waals surface area contributed by atoms with Crippen LogP contribution in [0.15, 0.2) is 28.9 Å². The van der Waals surface area contributed by atoms with E-state index in [0.717, 1.165) is 22.1 Å². The van der Waals surface area contributed by atoms with Gasteiger partial charge in [0.05, 0.1) is 24.9 Å². The Morgan fingerprint density at radius 1 is 1.29 bits per heavy atom. The summed E-state index contributed by atoms with van der Waals surface area (Å²) >= 11 is 0. The van der Waals surface area contributed by atoms with Gasteiger partial charge in [0.15, 0.2) is 0 Å². The number of carbonyl (C=O) groups excluding carboxylic acids is 1. The average molecular weight is 287 g/mol. The highest BCUT2D eigenvalue weighted by Gasteiger charge is 2.26. The lowest BCUT2D eigenvalue weighted by molar-refractivity contribution is -0.142. The molecular formula is C17H21NO3. The molecule has 1 aliphatic rings. The molecule has 2 atom stereocenters. The summed E-state index contributed by atoms with van der Waals surface area (Å²) in [6.07, 6.45) is 2.29. The average Bonchev–Trinajstić information content (AvgIpc) is 2.80. The Morgan fingerprint density at radius 2 is 2.00 bits per heavy atom. The van der Waals surface area contributed by atoms with Crippen molar-refractivity contribution in [2.45, 2.75) is 39.4 Å². The third-order valence-electron chi connectivity index (χ3n) is 3.93. The highest BCUT2D eigenvalue weighted by atomic mass is 16.5. The van der Waals surface area contributed by atoms with Gasteiger partial charge >= 0.3 is 0 Å². The Hall–Kier alpha value is -1.81. The van der Waals surface area contributed by atoms with Crippen molar-refractivity contribution < 1.29 is 13.9 Å². The second-order valence-corrected chi connectivity index (χ2v) is 5.99. The first kappa shape index (κ1) is 14.1. The molecule has 1 fully saturated rings. The lowest BCUT2D eigenvalue weighted by Crippen LogP contribution is -2.48. The fourth-order valence-electron chi connectivity index (χ4n) is 2.98. The maximum Gasteiger partial charge on any atom is 0.227 e. The van der Waals surface area contributed by atoms with Crippen molar-refractivity contribution in [2.24, 2.45) is 0 Å². The molecule has 0 bridgehead atoms. The molecule has 1 amide bonds. The third kappa shape index (κ3) is 2.95. The Morgan fingerprint density at radius 3 is 2.71 bits per heavy atom. The molecule has 1 saturated heterocycles. The van der Waals surface area contributed by atoms with E-state index in [1.165, 1.54) is 0 Å². The first-order valence-electron chi connectivity index (χ1n) is 7.43. The Balaban J connectivity index is 1.77. The van der Waals surface area contributed by atoms with E-state index in [4.69, 9.17) is 9.15 Å². The predicted molar refractivity (Wildman–Crippen MR) is 81.2 cm³/mol. The molecule has 112 valence electrons.